The first-order valence-corrected chi connectivity index (χ1v) is 6.97. The SMILES string of the molecule is Cc1noc(C)c1CNC(=O)C(C)Oc1ccc(Cl)cc1. The highest BCUT2D eigenvalue weighted by molar-refractivity contribution is 6.30. The van der Waals surface area contributed by atoms with Crippen molar-refractivity contribution in [2.24, 2.45) is 0 Å². The standard InChI is InChI=1S/C15H17ClN2O3/c1-9-14(10(2)21-18-9)8-17-15(19)11(3)20-13-6-4-12(16)5-7-13/h4-7,11H,8H2,1-3H3,(H,17,19). The molecule has 0 bridgehead atoms. The Hall–Kier alpha value is -2.01. The number of aromatic nitrogens is 1. The quantitative estimate of drug-likeness (QED) is 0.922. The molecule has 2 aromatic rings. The molecule has 0 aliphatic carbocycles. The maximum absolute atomic E-state index is 12.0. The van der Waals surface area contributed by atoms with Crippen molar-refractivity contribution in [2.75, 3.05) is 0 Å². The van der Waals surface area contributed by atoms with Gasteiger partial charge in [-0.25, -0.2) is 0 Å². The zero-order chi connectivity index (χ0) is 15.4. The Labute approximate surface area is 128 Å². The lowest BCUT2D eigenvalue weighted by Gasteiger charge is -2.14. The third kappa shape index (κ3) is 3.98. The third-order valence-corrected chi connectivity index (χ3v) is 3.37. The molecule has 0 radical (unpaired) electrons. The van der Waals surface area contributed by atoms with Gasteiger partial charge in [-0.15, -0.1) is 0 Å². The van der Waals surface area contributed by atoms with Gasteiger partial charge in [-0.1, -0.05) is 16.8 Å². The van der Waals surface area contributed by atoms with Crippen LogP contribution in [-0.4, -0.2) is 17.2 Å². The largest absolute Gasteiger partial charge is 0.481 e. The van der Waals surface area contributed by atoms with E-state index in [1.807, 2.05) is 13.8 Å². The van der Waals surface area contributed by atoms with Gasteiger partial charge in [0.2, 0.25) is 0 Å². The second kappa shape index (κ2) is 6.63. The lowest BCUT2D eigenvalue weighted by molar-refractivity contribution is -0.127. The number of hydrogen-bond donors (Lipinski definition) is 1. The molecule has 0 saturated heterocycles. The fourth-order valence-corrected chi connectivity index (χ4v) is 1.97. The molecule has 1 amide bonds. The van der Waals surface area contributed by atoms with Crippen LogP contribution >= 0.6 is 11.6 Å². The van der Waals surface area contributed by atoms with Crippen molar-refractivity contribution in [3.63, 3.8) is 0 Å². The topological polar surface area (TPSA) is 64.4 Å². The van der Waals surface area contributed by atoms with Crippen molar-refractivity contribution in [2.45, 2.75) is 33.4 Å². The van der Waals surface area contributed by atoms with E-state index in [1.165, 1.54) is 0 Å². The van der Waals surface area contributed by atoms with Crippen LogP contribution in [0.5, 0.6) is 5.75 Å². The average molecular weight is 309 g/mol. The number of ether oxygens (including phenoxy) is 1. The molecule has 0 aliphatic rings. The first-order valence-electron chi connectivity index (χ1n) is 6.59. The van der Waals surface area contributed by atoms with Crippen molar-refractivity contribution in [1.82, 2.24) is 10.5 Å². The van der Waals surface area contributed by atoms with Crippen LogP contribution in [0.15, 0.2) is 28.8 Å². The summed E-state index contributed by atoms with van der Waals surface area (Å²) >= 11 is 5.80. The molecule has 112 valence electrons. The summed E-state index contributed by atoms with van der Waals surface area (Å²) in [6.45, 7) is 5.71. The molecule has 2 rings (SSSR count). The predicted molar refractivity (Wildman–Crippen MR) is 79.4 cm³/mol. The number of rotatable bonds is 5. The molecule has 1 aromatic heterocycles. The van der Waals surface area contributed by atoms with Crippen molar-refractivity contribution < 1.29 is 14.1 Å². The van der Waals surface area contributed by atoms with Gasteiger partial charge in [0.1, 0.15) is 11.5 Å². The molecule has 21 heavy (non-hydrogen) atoms. The van der Waals surface area contributed by atoms with E-state index in [0.717, 1.165) is 11.3 Å². The fourth-order valence-electron chi connectivity index (χ4n) is 1.84. The molecular weight excluding hydrogens is 292 g/mol. The number of amides is 1. The number of nitrogens with one attached hydrogen (secondary N) is 1. The maximum atomic E-state index is 12.0. The summed E-state index contributed by atoms with van der Waals surface area (Å²) < 4.78 is 10.6. The van der Waals surface area contributed by atoms with Crippen LogP contribution in [0.1, 0.15) is 23.9 Å². The number of nitrogens with zero attached hydrogens (tertiary/aromatic N) is 1. The van der Waals surface area contributed by atoms with Crippen LogP contribution in [0.25, 0.3) is 0 Å². The van der Waals surface area contributed by atoms with Gasteiger partial charge in [-0.3, -0.25) is 4.79 Å². The highest BCUT2D eigenvalue weighted by atomic mass is 35.5. The summed E-state index contributed by atoms with van der Waals surface area (Å²) in [5.41, 5.74) is 1.67. The number of aryl methyl sites for hydroxylation is 2. The highest BCUT2D eigenvalue weighted by Crippen LogP contribution is 2.17. The summed E-state index contributed by atoms with van der Waals surface area (Å²) in [7, 11) is 0. The molecule has 1 heterocycles. The normalized spacial score (nSPS) is 12.0. The maximum Gasteiger partial charge on any atom is 0.261 e. The predicted octanol–water partition coefficient (Wildman–Crippen LogP) is 3.03. The Morgan fingerprint density at radius 2 is 2.05 bits per heavy atom. The van der Waals surface area contributed by atoms with E-state index >= 15 is 0 Å². The third-order valence-electron chi connectivity index (χ3n) is 3.12. The van der Waals surface area contributed by atoms with Gasteiger partial charge in [-0.05, 0) is 45.0 Å². The molecule has 1 N–H and O–H groups in total. The number of benzene rings is 1. The summed E-state index contributed by atoms with van der Waals surface area (Å²) in [6, 6.07) is 6.87. The minimum Gasteiger partial charge on any atom is -0.481 e. The monoisotopic (exact) mass is 308 g/mol. The number of carbonyl (C=O) groups excluding carboxylic acids is 1. The first-order chi connectivity index (χ1) is 9.97. The summed E-state index contributed by atoms with van der Waals surface area (Å²) in [6.07, 6.45) is -0.605. The molecular formula is C15H17ClN2O3. The van der Waals surface area contributed by atoms with E-state index in [9.17, 15) is 4.79 Å². The van der Waals surface area contributed by atoms with Crippen molar-refractivity contribution in [3.05, 3.63) is 46.3 Å². The summed E-state index contributed by atoms with van der Waals surface area (Å²) in [5, 5.41) is 7.28. The molecule has 0 fully saturated rings. The van der Waals surface area contributed by atoms with E-state index in [4.69, 9.17) is 20.9 Å². The van der Waals surface area contributed by atoms with E-state index in [-0.39, 0.29) is 5.91 Å². The number of carbonyl (C=O) groups is 1. The highest BCUT2D eigenvalue weighted by Gasteiger charge is 2.16. The second-order valence-corrected chi connectivity index (χ2v) is 5.17. The minimum atomic E-state index is -0.605. The van der Waals surface area contributed by atoms with E-state index < -0.39 is 6.10 Å². The van der Waals surface area contributed by atoms with Crippen LogP contribution < -0.4 is 10.1 Å². The zero-order valence-electron chi connectivity index (χ0n) is 12.1. The van der Waals surface area contributed by atoms with Crippen LogP contribution in [0, 0.1) is 13.8 Å². The summed E-state index contributed by atoms with van der Waals surface area (Å²) in [5.74, 6) is 1.10. The second-order valence-electron chi connectivity index (χ2n) is 4.73. The molecule has 1 aromatic carbocycles. The number of hydrogen-bond acceptors (Lipinski definition) is 4. The average Bonchev–Trinajstić information content (AvgIpc) is 2.78. The van der Waals surface area contributed by atoms with Crippen LogP contribution in [-0.2, 0) is 11.3 Å². The Morgan fingerprint density at radius 1 is 1.38 bits per heavy atom. The fraction of sp³-hybridized carbons (Fsp3) is 0.333. The molecule has 1 atom stereocenters. The van der Waals surface area contributed by atoms with E-state index in [2.05, 4.69) is 10.5 Å². The first kappa shape index (κ1) is 15.4. The Bertz CT molecular complexity index is 603. The summed E-state index contributed by atoms with van der Waals surface area (Å²) in [4.78, 5) is 12.0. The van der Waals surface area contributed by atoms with Gasteiger partial charge >= 0.3 is 0 Å². The van der Waals surface area contributed by atoms with Crippen LogP contribution in [0.4, 0.5) is 0 Å². The lowest BCUT2D eigenvalue weighted by atomic mass is 10.2. The Balaban J connectivity index is 1.89. The number of halogens is 1. The molecule has 0 saturated carbocycles. The van der Waals surface area contributed by atoms with Gasteiger partial charge in [0.15, 0.2) is 6.10 Å². The molecule has 1 unspecified atom stereocenters. The van der Waals surface area contributed by atoms with Crippen molar-refractivity contribution in [3.8, 4) is 5.75 Å². The molecule has 5 nitrogen and oxygen atoms in total. The van der Waals surface area contributed by atoms with Crippen LogP contribution in [0.2, 0.25) is 5.02 Å². The van der Waals surface area contributed by atoms with E-state index in [0.29, 0.717) is 23.1 Å². The van der Waals surface area contributed by atoms with Gasteiger partial charge < -0.3 is 14.6 Å². The van der Waals surface area contributed by atoms with Gasteiger partial charge in [0.25, 0.3) is 5.91 Å². The Kier molecular flexibility index (Phi) is 4.85. The van der Waals surface area contributed by atoms with Crippen LogP contribution in [0.3, 0.4) is 0 Å². The van der Waals surface area contributed by atoms with Gasteiger partial charge in [-0.2, -0.15) is 0 Å². The lowest BCUT2D eigenvalue weighted by Crippen LogP contribution is -2.36. The molecule has 6 heteroatoms. The van der Waals surface area contributed by atoms with Crippen molar-refractivity contribution in [1.29, 1.82) is 0 Å². The van der Waals surface area contributed by atoms with Gasteiger partial charge in [0, 0.05) is 17.1 Å². The van der Waals surface area contributed by atoms with Crippen molar-refractivity contribution >= 4 is 17.5 Å². The minimum absolute atomic E-state index is 0.204. The van der Waals surface area contributed by atoms with Gasteiger partial charge in [0.05, 0.1) is 5.69 Å². The molecule has 0 spiro atoms. The Morgan fingerprint density at radius 3 is 2.62 bits per heavy atom. The smallest absolute Gasteiger partial charge is 0.261 e. The molecule has 0 aliphatic heterocycles. The van der Waals surface area contributed by atoms with E-state index in [1.54, 1.807) is 31.2 Å². The zero-order valence-corrected chi connectivity index (χ0v) is 12.9.